The molecule has 1 aromatic rings. The summed E-state index contributed by atoms with van der Waals surface area (Å²) in [5.41, 5.74) is 0.760. The van der Waals surface area contributed by atoms with E-state index < -0.39 is 6.61 Å². The average molecular weight is 375 g/mol. The minimum absolute atomic E-state index is 0.0141. The van der Waals surface area contributed by atoms with Gasteiger partial charge < -0.3 is 20.1 Å². The van der Waals surface area contributed by atoms with Gasteiger partial charge in [0.15, 0.2) is 17.5 Å². The largest absolute Gasteiger partial charge is 0.493 e. The molecule has 0 heterocycles. The third kappa shape index (κ3) is 8.81. The number of benzene rings is 1. The van der Waals surface area contributed by atoms with E-state index in [4.69, 9.17) is 4.74 Å². The van der Waals surface area contributed by atoms with Crippen molar-refractivity contribution in [3.05, 3.63) is 23.8 Å². The molecule has 142 valence electrons. The fourth-order valence-corrected chi connectivity index (χ4v) is 2.59. The van der Waals surface area contributed by atoms with Gasteiger partial charge in [0.25, 0.3) is 0 Å². The van der Waals surface area contributed by atoms with E-state index in [-0.39, 0.29) is 11.5 Å². The molecular formula is C17H27F2N3O2S. The fraction of sp³-hybridized carbons (Fsp3) is 0.588. The SMILES string of the molecule is CCNC(=NCc1ccc(OC)c(OC(F)F)c1)NCCCCSC. The highest BCUT2D eigenvalue weighted by atomic mass is 32.2. The molecule has 0 atom stereocenters. The number of hydrogen-bond acceptors (Lipinski definition) is 4. The summed E-state index contributed by atoms with van der Waals surface area (Å²) in [6.45, 7) is 1.04. The van der Waals surface area contributed by atoms with Crippen molar-refractivity contribution in [1.82, 2.24) is 10.6 Å². The van der Waals surface area contributed by atoms with Crippen LogP contribution in [0.15, 0.2) is 23.2 Å². The van der Waals surface area contributed by atoms with E-state index in [1.54, 1.807) is 12.1 Å². The summed E-state index contributed by atoms with van der Waals surface area (Å²) >= 11 is 1.84. The van der Waals surface area contributed by atoms with Crippen LogP contribution in [-0.4, -0.2) is 44.8 Å². The van der Waals surface area contributed by atoms with Gasteiger partial charge in [0.1, 0.15) is 0 Å². The zero-order valence-electron chi connectivity index (χ0n) is 15.0. The van der Waals surface area contributed by atoms with Crippen molar-refractivity contribution in [2.75, 3.05) is 32.2 Å². The number of alkyl halides is 2. The summed E-state index contributed by atoms with van der Waals surface area (Å²) in [7, 11) is 1.41. The number of ether oxygens (including phenoxy) is 2. The topological polar surface area (TPSA) is 54.9 Å². The molecule has 1 aromatic carbocycles. The molecular weight excluding hydrogens is 348 g/mol. The number of nitrogens with zero attached hydrogens (tertiary/aromatic N) is 1. The van der Waals surface area contributed by atoms with Gasteiger partial charge in [-0.1, -0.05) is 6.07 Å². The summed E-state index contributed by atoms with van der Waals surface area (Å²) in [6.07, 6.45) is 4.32. The Balaban J connectivity index is 2.67. The van der Waals surface area contributed by atoms with Crippen LogP contribution in [0.1, 0.15) is 25.3 Å². The van der Waals surface area contributed by atoms with Gasteiger partial charge in [0.05, 0.1) is 13.7 Å². The van der Waals surface area contributed by atoms with Crippen LogP contribution in [0.3, 0.4) is 0 Å². The number of hydrogen-bond donors (Lipinski definition) is 2. The number of guanidine groups is 1. The highest BCUT2D eigenvalue weighted by molar-refractivity contribution is 7.98. The van der Waals surface area contributed by atoms with Gasteiger partial charge >= 0.3 is 6.61 Å². The van der Waals surface area contributed by atoms with Crippen LogP contribution in [0, 0.1) is 0 Å². The van der Waals surface area contributed by atoms with Crippen molar-refractivity contribution >= 4 is 17.7 Å². The van der Waals surface area contributed by atoms with Crippen LogP contribution in [-0.2, 0) is 6.54 Å². The van der Waals surface area contributed by atoms with E-state index in [1.165, 1.54) is 13.2 Å². The van der Waals surface area contributed by atoms with E-state index in [1.807, 2.05) is 18.7 Å². The Morgan fingerprint density at radius 1 is 1.24 bits per heavy atom. The van der Waals surface area contributed by atoms with Gasteiger partial charge in [-0.15, -0.1) is 0 Å². The van der Waals surface area contributed by atoms with Gasteiger partial charge in [-0.2, -0.15) is 20.5 Å². The molecule has 8 heteroatoms. The van der Waals surface area contributed by atoms with Crippen LogP contribution in [0.4, 0.5) is 8.78 Å². The van der Waals surface area contributed by atoms with Crippen LogP contribution < -0.4 is 20.1 Å². The Morgan fingerprint density at radius 2 is 2.04 bits per heavy atom. The Kier molecular flexibility index (Phi) is 10.8. The highest BCUT2D eigenvalue weighted by Crippen LogP contribution is 2.29. The molecule has 0 fully saturated rings. The third-order valence-electron chi connectivity index (χ3n) is 3.28. The first-order chi connectivity index (χ1) is 12.1. The molecule has 5 nitrogen and oxygen atoms in total. The van der Waals surface area contributed by atoms with Crippen LogP contribution >= 0.6 is 11.8 Å². The average Bonchev–Trinajstić information content (AvgIpc) is 2.59. The number of halogens is 2. The van der Waals surface area contributed by atoms with Crippen LogP contribution in [0.25, 0.3) is 0 Å². The van der Waals surface area contributed by atoms with E-state index in [9.17, 15) is 8.78 Å². The minimum Gasteiger partial charge on any atom is -0.493 e. The molecule has 0 saturated heterocycles. The second kappa shape index (κ2) is 12.6. The quantitative estimate of drug-likeness (QED) is 0.352. The Bertz CT molecular complexity index is 531. The van der Waals surface area contributed by atoms with E-state index in [2.05, 4.69) is 26.6 Å². The van der Waals surface area contributed by atoms with E-state index >= 15 is 0 Å². The second-order valence-corrected chi connectivity index (χ2v) is 6.17. The lowest BCUT2D eigenvalue weighted by Gasteiger charge is -2.13. The molecule has 0 aliphatic rings. The molecule has 1 rings (SSSR count). The van der Waals surface area contributed by atoms with E-state index in [0.717, 1.165) is 37.2 Å². The monoisotopic (exact) mass is 375 g/mol. The molecule has 0 spiro atoms. The molecule has 0 radical (unpaired) electrons. The number of aliphatic imine (C=N–C) groups is 1. The zero-order chi connectivity index (χ0) is 18.5. The zero-order valence-corrected chi connectivity index (χ0v) is 15.8. The Hall–Kier alpha value is -1.70. The second-order valence-electron chi connectivity index (χ2n) is 5.19. The number of unbranched alkanes of at least 4 members (excludes halogenated alkanes) is 1. The lowest BCUT2D eigenvalue weighted by molar-refractivity contribution is -0.0512. The molecule has 0 unspecified atom stereocenters. The number of nitrogens with one attached hydrogen (secondary N) is 2. The number of rotatable bonds is 11. The molecule has 2 N–H and O–H groups in total. The minimum atomic E-state index is -2.90. The molecule has 0 aliphatic carbocycles. The van der Waals surface area contributed by atoms with Crippen molar-refractivity contribution < 1.29 is 18.3 Å². The summed E-state index contributed by atoms with van der Waals surface area (Å²) < 4.78 is 34.5. The first kappa shape index (κ1) is 21.3. The van der Waals surface area contributed by atoms with Gasteiger partial charge in [0.2, 0.25) is 0 Å². The van der Waals surface area contributed by atoms with Crippen molar-refractivity contribution in [2.24, 2.45) is 4.99 Å². The molecule has 0 amide bonds. The lowest BCUT2D eigenvalue weighted by Crippen LogP contribution is -2.37. The van der Waals surface area contributed by atoms with E-state index in [0.29, 0.717) is 12.5 Å². The van der Waals surface area contributed by atoms with Crippen LogP contribution in [0.5, 0.6) is 11.5 Å². The maximum Gasteiger partial charge on any atom is 0.387 e. The maximum atomic E-state index is 12.5. The lowest BCUT2D eigenvalue weighted by atomic mass is 10.2. The fourth-order valence-electron chi connectivity index (χ4n) is 2.10. The van der Waals surface area contributed by atoms with Crippen molar-refractivity contribution in [3.8, 4) is 11.5 Å². The van der Waals surface area contributed by atoms with Crippen molar-refractivity contribution in [2.45, 2.75) is 32.9 Å². The summed E-state index contributed by atoms with van der Waals surface area (Å²) in [5.74, 6) is 2.14. The predicted molar refractivity (Wildman–Crippen MR) is 100 cm³/mol. The predicted octanol–water partition coefficient (Wildman–Crippen LogP) is 3.49. The summed E-state index contributed by atoms with van der Waals surface area (Å²) in [6, 6.07) is 4.91. The first-order valence-corrected chi connectivity index (χ1v) is 9.63. The van der Waals surface area contributed by atoms with Crippen molar-refractivity contribution in [3.63, 3.8) is 0 Å². The first-order valence-electron chi connectivity index (χ1n) is 8.23. The van der Waals surface area contributed by atoms with Gasteiger partial charge in [0, 0.05) is 13.1 Å². The van der Waals surface area contributed by atoms with Crippen molar-refractivity contribution in [1.29, 1.82) is 0 Å². The smallest absolute Gasteiger partial charge is 0.387 e. The van der Waals surface area contributed by atoms with Gasteiger partial charge in [-0.25, -0.2) is 4.99 Å². The summed E-state index contributed by atoms with van der Waals surface area (Å²) in [5, 5.41) is 6.44. The molecule has 0 aromatic heterocycles. The maximum absolute atomic E-state index is 12.5. The standard InChI is InChI=1S/C17H27F2N3O2S/c1-4-20-17(21-9-5-6-10-25-3)22-12-13-7-8-14(23-2)15(11-13)24-16(18)19/h7-8,11,16H,4-6,9-10,12H2,1-3H3,(H2,20,21,22). The molecule has 0 aliphatic heterocycles. The Labute approximate surface area is 152 Å². The van der Waals surface area contributed by atoms with Gasteiger partial charge in [-0.05, 0) is 49.5 Å². The normalized spacial score (nSPS) is 11.5. The van der Waals surface area contributed by atoms with Gasteiger partial charge in [-0.3, -0.25) is 0 Å². The number of methoxy groups -OCH3 is 1. The molecule has 0 bridgehead atoms. The van der Waals surface area contributed by atoms with Crippen LogP contribution in [0.2, 0.25) is 0 Å². The summed E-state index contributed by atoms with van der Waals surface area (Å²) in [4.78, 5) is 4.48. The Morgan fingerprint density at radius 3 is 2.68 bits per heavy atom. The highest BCUT2D eigenvalue weighted by Gasteiger charge is 2.11. The number of thioether (sulfide) groups is 1. The molecule has 25 heavy (non-hydrogen) atoms. The third-order valence-corrected chi connectivity index (χ3v) is 3.97. The molecule has 0 saturated carbocycles.